The molecule has 0 bridgehead atoms. The van der Waals surface area contributed by atoms with E-state index in [-0.39, 0.29) is 12.5 Å². The van der Waals surface area contributed by atoms with Crippen molar-refractivity contribution < 1.29 is 19.0 Å². The standard InChI is InChI=1S/C10H16FNO3/c1-9(7-2-3-15-4-7)5-12-6-10(9,11)8(13)14/h7,12H,2-6H2,1H3,(H,13,14). The Morgan fingerprint density at radius 3 is 2.87 bits per heavy atom. The molecule has 2 aliphatic heterocycles. The van der Waals surface area contributed by atoms with Crippen molar-refractivity contribution in [3.63, 3.8) is 0 Å². The first kappa shape index (κ1) is 10.8. The van der Waals surface area contributed by atoms with Gasteiger partial charge in [0.05, 0.1) is 6.61 Å². The molecule has 4 nitrogen and oxygen atoms in total. The molecule has 0 aromatic heterocycles. The summed E-state index contributed by atoms with van der Waals surface area (Å²) in [6.07, 6.45) is 0.747. The monoisotopic (exact) mass is 217 g/mol. The van der Waals surface area contributed by atoms with Gasteiger partial charge in [-0.05, 0) is 12.3 Å². The largest absolute Gasteiger partial charge is 0.479 e. The minimum Gasteiger partial charge on any atom is -0.479 e. The summed E-state index contributed by atoms with van der Waals surface area (Å²) in [5.74, 6) is -1.37. The van der Waals surface area contributed by atoms with Gasteiger partial charge in [0.15, 0.2) is 0 Å². The highest BCUT2D eigenvalue weighted by atomic mass is 19.1. The van der Waals surface area contributed by atoms with Crippen LogP contribution in [0.4, 0.5) is 4.39 Å². The average Bonchev–Trinajstić information content (AvgIpc) is 2.76. The molecular weight excluding hydrogens is 201 g/mol. The zero-order valence-corrected chi connectivity index (χ0v) is 8.75. The number of nitrogens with one attached hydrogen (secondary N) is 1. The van der Waals surface area contributed by atoms with E-state index in [2.05, 4.69) is 5.32 Å². The van der Waals surface area contributed by atoms with Gasteiger partial charge >= 0.3 is 5.97 Å². The predicted molar refractivity (Wildman–Crippen MR) is 51.4 cm³/mol. The Bertz CT molecular complexity index is 280. The normalized spacial score (nSPS) is 45.9. The molecule has 2 heterocycles. The summed E-state index contributed by atoms with van der Waals surface area (Å²) in [5.41, 5.74) is -3.01. The molecule has 2 aliphatic rings. The summed E-state index contributed by atoms with van der Waals surface area (Å²) in [6, 6.07) is 0. The Morgan fingerprint density at radius 2 is 2.33 bits per heavy atom. The summed E-state index contributed by atoms with van der Waals surface area (Å²) < 4.78 is 19.6. The van der Waals surface area contributed by atoms with Crippen molar-refractivity contribution in [3.8, 4) is 0 Å². The van der Waals surface area contributed by atoms with Gasteiger partial charge in [0, 0.05) is 25.1 Å². The molecular formula is C10H16FNO3. The van der Waals surface area contributed by atoms with E-state index in [0.29, 0.717) is 19.8 Å². The van der Waals surface area contributed by atoms with Crippen LogP contribution in [0.5, 0.6) is 0 Å². The lowest BCUT2D eigenvalue weighted by Crippen LogP contribution is -2.52. The van der Waals surface area contributed by atoms with Crippen molar-refractivity contribution in [2.45, 2.75) is 19.0 Å². The van der Waals surface area contributed by atoms with E-state index >= 15 is 0 Å². The number of carboxylic acid groups (broad SMARTS) is 1. The maximum Gasteiger partial charge on any atom is 0.343 e. The average molecular weight is 217 g/mol. The van der Waals surface area contributed by atoms with Crippen molar-refractivity contribution in [2.24, 2.45) is 11.3 Å². The number of rotatable bonds is 2. The molecule has 2 saturated heterocycles. The van der Waals surface area contributed by atoms with Crippen LogP contribution < -0.4 is 5.32 Å². The van der Waals surface area contributed by atoms with E-state index in [9.17, 15) is 9.18 Å². The van der Waals surface area contributed by atoms with E-state index < -0.39 is 17.1 Å². The van der Waals surface area contributed by atoms with Crippen LogP contribution in [-0.2, 0) is 9.53 Å². The Labute approximate surface area is 87.8 Å². The van der Waals surface area contributed by atoms with Gasteiger partial charge in [-0.2, -0.15) is 0 Å². The fourth-order valence-electron chi connectivity index (χ4n) is 2.66. The van der Waals surface area contributed by atoms with Gasteiger partial charge in [0.25, 0.3) is 0 Å². The predicted octanol–water partition coefficient (Wildman–Crippen LogP) is 0.425. The van der Waals surface area contributed by atoms with Gasteiger partial charge in [0.1, 0.15) is 0 Å². The Kier molecular flexibility index (Phi) is 2.47. The van der Waals surface area contributed by atoms with Crippen molar-refractivity contribution in [1.29, 1.82) is 0 Å². The van der Waals surface area contributed by atoms with Crippen molar-refractivity contribution in [3.05, 3.63) is 0 Å². The Hall–Kier alpha value is -0.680. The van der Waals surface area contributed by atoms with Crippen molar-refractivity contribution >= 4 is 5.97 Å². The molecule has 3 unspecified atom stereocenters. The fourth-order valence-corrected chi connectivity index (χ4v) is 2.66. The fraction of sp³-hybridized carbons (Fsp3) is 0.900. The van der Waals surface area contributed by atoms with Gasteiger partial charge in [0.2, 0.25) is 5.67 Å². The third-order valence-electron chi connectivity index (χ3n) is 3.94. The van der Waals surface area contributed by atoms with E-state index in [0.717, 1.165) is 6.42 Å². The summed E-state index contributed by atoms with van der Waals surface area (Å²) in [6.45, 7) is 3.09. The first-order valence-corrected chi connectivity index (χ1v) is 5.21. The Morgan fingerprint density at radius 1 is 1.60 bits per heavy atom. The molecule has 3 atom stereocenters. The van der Waals surface area contributed by atoms with Crippen molar-refractivity contribution in [1.82, 2.24) is 5.32 Å². The molecule has 15 heavy (non-hydrogen) atoms. The number of hydrogen-bond donors (Lipinski definition) is 2. The number of carboxylic acids is 1. The number of aliphatic carboxylic acids is 1. The molecule has 0 aliphatic carbocycles. The summed E-state index contributed by atoms with van der Waals surface area (Å²) in [7, 11) is 0. The second-order valence-electron chi connectivity index (χ2n) is 4.69. The van der Waals surface area contributed by atoms with Gasteiger partial charge in [-0.1, -0.05) is 6.92 Å². The van der Waals surface area contributed by atoms with E-state index in [4.69, 9.17) is 9.84 Å². The first-order valence-electron chi connectivity index (χ1n) is 5.21. The molecule has 0 aromatic carbocycles. The second kappa shape index (κ2) is 3.42. The highest BCUT2D eigenvalue weighted by molar-refractivity contribution is 5.79. The van der Waals surface area contributed by atoms with Crippen LogP contribution in [0.25, 0.3) is 0 Å². The van der Waals surface area contributed by atoms with Crippen LogP contribution in [0.2, 0.25) is 0 Å². The molecule has 2 rings (SSSR count). The maximum absolute atomic E-state index is 14.4. The zero-order valence-electron chi connectivity index (χ0n) is 8.75. The summed E-state index contributed by atoms with van der Waals surface area (Å²) >= 11 is 0. The molecule has 86 valence electrons. The lowest BCUT2D eigenvalue weighted by atomic mass is 9.67. The van der Waals surface area contributed by atoms with Gasteiger partial charge in [-0.15, -0.1) is 0 Å². The van der Waals surface area contributed by atoms with E-state index in [1.807, 2.05) is 0 Å². The third-order valence-corrected chi connectivity index (χ3v) is 3.94. The summed E-state index contributed by atoms with van der Waals surface area (Å²) in [5, 5.41) is 11.9. The number of hydrogen-bond acceptors (Lipinski definition) is 3. The molecule has 0 aromatic rings. The van der Waals surface area contributed by atoms with Crippen LogP contribution >= 0.6 is 0 Å². The quantitative estimate of drug-likeness (QED) is 0.704. The topological polar surface area (TPSA) is 58.6 Å². The number of alkyl halides is 1. The van der Waals surface area contributed by atoms with Crippen LogP contribution in [0.3, 0.4) is 0 Å². The Balaban J connectivity index is 2.28. The highest BCUT2D eigenvalue weighted by Crippen LogP contribution is 2.47. The van der Waals surface area contributed by atoms with E-state index in [1.165, 1.54) is 0 Å². The van der Waals surface area contributed by atoms with E-state index in [1.54, 1.807) is 6.92 Å². The van der Waals surface area contributed by atoms with Crippen LogP contribution in [0.15, 0.2) is 0 Å². The third kappa shape index (κ3) is 1.37. The molecule has 5 heteroatoms. The first-order chi connectivity index (χ1) is 7.01. The molecule has 0 saturated carbocycles. The van der Waals surface area contributed by atoms with Gasteiger partial charge < -0.3 is 15.2 Å². The molecule has 0 spiro atoms. The van der Waals surface area contributed by atoms with Crippen LogP contribution in [-0.4, -0.2) is 43.0 Å². The van der Waals surface area contributed by atoms with Crippen molar-refractivity contribution in [2.75, 3.05) is 26.3 Å². The lowest BCUT2D eigenvalue weighted by Gasteiger charge is -2.37. The zero-order chi connectivity index (χ0) is 11.1. The SMILES string of the molecule is CC1(C2CCOC2)CNCC1(F)C(=O)O. The summed E-state index contributed by atoms with van der Waals surface area (Å²) in [4.78, 5) is 11.0. The minimum atomic E-state index is -2.16. The van der Waals surface area contributed by atoms with Gasteiger partial charge in [-0.25, -0.2) is 9.18 Å². The minimum absolute atomic E-state index is 0.00593. The van der Waals surface area contributed by atoms with Gasteiger partial charge in [-0.3, -0.25) is 0 Å². The number of ether oxygens (including phenoxy) is 1. The lowest BCUT2D eigenvalue weighted by molar-refractivity contribution is -0.159. The van der Waals surface area contributed by atoms with Crippen LogP contribution in [0, 0.1) is 11.3 Å². The molecule has 0 amide bonds. The molecule has 2 fully saturated rings. The maximum atomic E-state index is 14.4. The smallest absolute Gasteiger partial charge is 0.343 e. The molecule has 0 radical (unpaired) electrons. The molecule has 2 N–H and O–H groups in total. The number of carbonyl (C=O) groups is 1. The highest BCUT2D eigenvalue weighted by Gasteiger charge is 2.62. The second-order valence-corrected chi connectivity index (χ2v) is 4.69. The van der Waals surface area contributed by atoms with Crippen LogP contribution in [0.1, 0.15) is 13.3 Å². The number of halogens is 1.